The number of methoxy groups -OCH3 is 1. The van der Waals surface area contributed by atoms with Gasteiger partial charge in [0.2, 0.25) is 0 Å². The van der Waals surface area contributed by atoms with Crippen molar-refractivity contribution in [2.45, 2.75) is 84.0 Å². The molecule has 0 heterocycles. The fourth-order valence-electron chi connectivity index (χ4n) is 7.89. The molecule has 4 aliphatic carbocycles. The Morgan fingerprint density at radius 1 is 0.870 bits per heavy atom. The van der Waals surface area contributed by atoms with Crippen LogP contribution in [0.25, 0.3) is 0 Å². The molecule has 0 aromatic heterocycles. The maximum Gasteiger partial charge on any atom is 0.0462 e. The standard InChI is InChI=1S/C22H38O/c1-22-14-13-19-18-8-4-3-6-16(18)9-11-20(19)21(22)12-10-17(22)7-5-15-23-2/h16-21H,3-15H2,1-2H3/t16-,17?,18-,19?,20+,21?,22+/m0/s1. The van der Waals surface area contributed by atoms with E-state index in [2.05, 4.69) is 6.92 Å². The quantitative estimate of drug-likeness (QED) is 0.571. The van der Waals surface area contributed by atoms with Crippen LogP contribution in [0.4, 0.5) is 0 Å². The maximum absolute atomic E-state index is 5.32. The van der Waals surface area contributed by atoms with Gasteiger partial charge in [-0.2, -0.15) is 0 Å². The Kier molecular flexibility index (Phi) is 4.78. The van der Waals surface area contributed by atoms with Crippen LogP contribution in [0.3, 0.4) is 0 Å². The van der Waals surface area contributed by atoms with Gasteiger partial charge >= 0.3 is 0 Å². The minimum absolute atomic E-state index is 0.677. The highest BCUT2D eigenvalue weighted by molar-refractivity contribution is 5.05. The molecule has 4 rings (SSSR count). The predicted octanol–water partition coefficient (Wildman–Crippen LogP) is 6.07. The zero-order valence-electron chi connectivity index (χ0n) is 15.6. The molecule has 4 saturated carbocycles. The predicted molar refractivity (Wildman–Crippen MR) is 96.3 cm³/mol. The van der Waals surface area contributed by atoms with Crippen LogP contribution in [0.2, 0.25) is 0 Å². The molecule has 0 aliphatic heterocycles. The second-order valence-corrected chi connectivity index (χ2v) is 9.67. The molecule has 0 amide bonds. The molecule has 4 aliphatic rings. The van der Waals surface area contributed by atoms with Gasteiger partial charge in [0.25, 0.3) is 0 Å². The summed E-state index contributed by atoms with van der Waals surface area (Å²) in [5.74, 6) is 6.52. The van der Waals surface area contributed by atoms with E-state index in [0.717, 1.165) is 42.1 Å². The normalized spacial score (nSPS) is 49.3. The molecule has 0 bridgehead atoms. The van der Waals surface area contributed by atoms with Crippen molar-refractivity contribution in [1.82, 2.24) is 0 Å². The largest absolute Gasteiger partial charge is 0.385 e. The summed E-state index contributed by atoms with van der Waals surface area (Å²) in [6.07, 6.45) is 18.2. The van der Waals surface area contributed by atoms with Gasteiger partial charge in [0.1, 0.15) is 0 Å². The van der Waals surface area contributed by atoms with E-state index in [1.807, 2.05) is 7.11 Å². The molecule has 4 fully saturated rings. The third kappa shape index (κ3) is 2.79. The fraction of sp³-hybridized carbons (Fsp3) is 1.00. The second-order valence-electron chi connectivity index (χ2n) is 9.67. The lowest BCUT2D eigenvalue weighted by Gasteiger charge is -2.56. The molecule has 0 saturated heterocycles. The lowest BCUT2D eigenvalue weighted by molar-refractivity contribution is -0.0634. The summed E-state index contributed by atoms with van der Waals surface area (Å²) >= 11 is 0. The highest BCUT2D eigenvalue weighted by Crippen LogP contribution is 2.64. The van der Waals surface area contributed by atoms with Gasteiger partial charge in [0.05, 0.1) is 0 Å². The molecule has 0 spiro atoms. The molecule has 7 atom stereocenters. The van der Waals surface area contributed by atoms with Crippen LogP contribution in [0, 0.1) is 40.9 Å². The fourth-order valence-corrected chi connectivity index (χ4v) is 7.89. The Morgan fingerprint density at radius 2 is 1.74 bits per heavy atom. The van der Waals surface area contributed by atoms with Crippen LogP contribution in [0.1, 0.15) is 84.0 Å². The van der Waals surface area contributed by atoms with E-state index in [4.69, 9.17) is 4.74 Å². The van der Waals surface area contributed by atoms with Crippen LogP contribution in [-0.4, -0.2) is 13.7 Å². The minimum atomic E-state index is 0.677. The summed E-state index contributed by atoms with van der Waals surface area (Å²) in [4.78, 5) is 0. The first-order valence-electron chi connectivity index (χ1n) is 10.7. The van der Waals surface area contributed by atoms with Gasteiger partial charge in [-0.25, -0.2) is 0 Å². The Hall–Kier alpha value is -0.0400. The van der Waals surface area contributed by atoms with Crippen LogP contribution >= 0.6 is 0 Å². The summed E-state index contributed by atoms with van der Waals surface area (Å²) in [5.41, 5.74) is 0.677. The molecule has 1 heteroatoms. The molecule has 3 unspecified atom stereocenters. The van der Waals surface area contributed by atoms with E-state index >= 15 is 0 Å². The van der Waals surface area contributed by atoms with Gasteiger partial charge in [-0.15, -0.1) is 0 Å². The first-order chi connectivity index (χ1) is 11.2. The third-order valence-corrected chi connectivity index (χ3v) is 8.98. The van der Waals surface area contributed by atoms with Gasteiger partial charge < -0.3 is 4.74 Å². The van der Waals surface area contributed by atoms with Gasteiger partial charge in [-0.05, 0) is 98.7 Å². The smallest absolute Gasteiger partial charge is 0.0462 e. The van der Waals surface area contributed by atoms with Crippen molar-refractivity contribution in [2.24, 2.45) is 40.9 Å². The van der Waals surface area contributed by atoms with Crippen molar-refractivity contribution in [3.63, 3.8) is 0 Å². The molecule has 1 nitrogen and oxygen atoms in total. The van der Waals surface area contributed by atoms with Crippen molar-refractivity contribution in [3.05, 3.63) is 0 Å². The maximum atomic E-state index is 5.32. The topological polar surface area (TPSA) is 9.23 Å². The summed E-state index contributed by atoms with van der Waals surface area (Å²) in [7, 11) is 1.85. The Morgan fingerprint density at radius 3 is 2.61 bits per heavy atom. The molecule has 0 radical (unpaired) electrons. The highest BCUT2D eigenvalue weighted by atomic mass is 16.5. The lowest BCUT2D eigenvalue weighted by atomic mass is 9.49. The summed E-state index contributed by atoms with van der Waals surface area (Å²) < 4.78 is 5.32. The van der Waals surface area contributed by atoms with Crippen molar-refractivity contribution in [3.8, 4) is 0 Å². The van der Waals surface area contributed by atoms with E-state index in [9.17, 15) is 0 Å². The van der Waals surface area contributed by atoms with Gasteiger partial charge in [-0.1, -0.05) is 26.2 Å². The van der Waals surface area contributed by atoms with Crippen LogP contribution in [0.5, 0.6) is 0 Å². The van der Waals surface area contributed by atoms with E-state index in [1.165, 1.54) is 32.1 Å². The summed E-state index contributed by atoms with van der Waals surface area (Å²) in [6, 6.07) is 0. The van der Waals surface area contributed by atoms with Crippen LogP contribution < -0.4 is 0 Å². The van der Waals surface area contributed by atoms with Crippen molar-refractivity contribution in [2.75, 3.05) is 13.7 Å². The highest BCUT2D eigenvalue weighted by Gasteiger charge is 2.56. The zero-order chi connectivity index (χ0) is 15.9. The van der Waals surface area contributed by atoms with Crippen molar-refractivity contribution in [1.29, 1.82) is 0 Å². The molecule has 23 heavy (non-hydrogen) atoms. The molecule has 0 aromatic rings. The average molecular weight is 319 g/mol. The molecule has 0 N–H and O–H groups in total. The molecular weight excluding hydrogens is 280 g/mol. The second kappa shape index (κ2) is 6.70. The van der Waals surface area contributed by atoms with Gasteiger partial charge in [-0.3, -0.25) is 0 Å². The summed E-state index contributed by atoms with van der Waals surface area (Å²) in [6.45, 7) is 3.65. The minimum Gasteiger partial charge on any atom is -0.385 e. The molecular formula is C22H38O. The lowest BCUT2D eigenvalue weighted by Crippen LogP contribution is -2.48. The average Bonchev–Trinajstić information content (AvgIpc) is 2.92. The third-order valence-electron chi connectivity index (χ3n) is 8.98. The number of hydrogen-bond acceptors (Lipinski definition) is 1. The van der Waals surface area contributed by atoms with Crippen molar-refractivity contribution < 1.29 is 4.74 Å². The number of hydrogen-bond donors (Lipinski definition) is 0. The Bertz CT molecular complexity index is 405. The summed E-state index contributed by atoms with van der Waals surface area (Å²) in [5, 5.41) is 0. The first kappa shape index (κ1) is 16.4. The Labute approximate surface area is 143 Å². The monoisotopic (exact) mass is 318 g/mol. The van der Waals surface area contributed by atoms with Gasteiger partial charge in [0.15, 0.2) is 0 Å². The Balaban J connectivity index is 1.46. The number of rotatable bonds is 4. The zero-order valence-corrected chi connectivity index (χ0v) is 15.6. The van der Waals surface area contributed by atoms with E-state index in [-0.39, 0.29) is 0 Å². The van der Waals surface area contributed by atoms with Crippen molar-refractivity contribution >= 4 is 0 Å². The van der Waals surface area contributed by atoms with Crippen LogP contribution in [0.15, 0.2) is 0 Å². The first-order valence-corrected chi connectivity index (χ1v) is 10.7. The van der Waals surface area contributed by atoms with Gasteiger partial charge in [0, 0.05) is 13.7 Å². The SMILES string of the molecule is COCCCC1CCC2[C@@H]3CC[C@@H]4CCCC[C@@H]4C3CC[C@]12C. The van der Waals surface area contributed by atoms with E-state index in [1.54, 1.807) is 44.9 Å². The molecule has 132 valence electrons. The number of ether oxygens (including phenoxy) is 1. The van der Waals surface area contributed by atoms with Crippen LogP contribution in [-0.2, 0) is 4.74 Å². The molecule has 0 aromatic carbocycles. The van der Waals surface area contributed by atoms with E-state index in [0.29, 0.717) is 5.41 Å². The van der Waals surface area contributed by atoms with E-state index < -0.39 is 0 Å². The number of fused-ring (bicyclic) bond motifs is 5.